The van der Waals surface area contributed by atoms with Crippen molar-refractivity contribution in [3.63, 3.8) is 0 Å². The highest BCUT2D eigenvalue weighted by Crippen LogP contribution is 2.47. The van der Waals surface area contributed by atoms with Gasteiger partial charge in [0.2, 0.25) is 11.7 Å². The summed E-state index contributed by atoms with van der Waals surface area (Å²) in [5.41, 5.74) is 3.67. The number of rotatable bonds is 7. The van der Waals surface area contributed by atoms with E-state index in [4.69, 9.17) is 4.52 Å². The second-order valence-electron chi connectivity index (χ2n) is 7.56. The quantitative estimate of drug-likeness (QED) is 0.724. The van der Waals surface area contributed by atoms with Crippen LogP contribution in [0, 0.1) is 5.92 Å². The van der Waals surface area contributed by atoms with Gasteiger partial charge in [0.15, 0.2) is 0 Å². The van der Waals surface area contributed by atoms with Crippen molar-refractivity contribution in [3.8, 4) is 10.8 Å². The molecule has 1 saturated heterocycles. The third-order valence-electron chi connectivity index (χ3n) is 5.65. The molecule has 3 heterocycles. The fourth-order valence-corrected chi connectivity index (χ4v) is 5.05. The molecule has 2 fully saturated rings. The molecule has 9 heteroatoms. The zero-order valence-electron chi connectivity index (χ0n) is 17.2. The Hall–Kier alpha value is -2.65. The van der Waals surface area contributed by atoms with Crippen LogP contribution in [0.3, 0.4) is 0 Å². The Morgan fingerprint density at radius 3 is 3.00 bits per heavy atom. The minimum absolute atomic E-state index is 0.0554. The molecule has 158 valence electrons. The predicted molar refractivity (Wildman–Crippen MR) is 113 cm³/mol. The molecule has 2 aliphatic rings. The Labute approximate surface area is 179 Å². The Morgan fingerprint density at radius 2 is 2.27 bits per heavy atom. The predicted octanol–water partition coefficient (Wildman–Crippen LogP) is 3.04. The zero-order chi connectivity index (χ0) is 21.3. The minimum Gasteiger partial charge on any atom is -0.395 e. The van der Waals surface area contributed by atoms with Gasteiger partial charge in [-0.2, -0.15) is 4.98 Å². The lowest BCUT2D eigenvalue weighted by Gasteiger charge is -2.24. The first-order valence-corrected chi connectivity index (χ1v) is 11.0. The lowest BCUT2D eigenvalue weighted by Crippen LogP contribution is -2.36. The van der Waals surface area contributed by atoms with Gasteiger partial charge < -0.3 is 14.5 Å². The van der Waals surface area contributed by atoms with E-state index in [1.165, 1.54) is 11.5 Å². The highest BCUT2D eigenvalue weighted by molar-refractivity contribution is 7.09. The third-order valence-corrected chi connectivity index (χ3v) is 6.41. The Morgan fingerprint density at radius 1 is 1.43 bits per heavy atom. The van der Waals surface area contributed by atoms with E-state index in [1.54, 1.807) is 4.90 Å². The molecular formula is C21H25N5O3S. The van der Waals surface area contributed by atoms with E-state index in [9.17, 15) is 9.90 Å². The average Bonchev–Trinajstić information content (AvgIpc) is 3.48. The van der Waals surface area contributed by atoms with Crippen LogP contribution in [0.25, 0.3) is 16.3 Å². The minimum atomic E-state index is -0.0758. The standard InChI is InChI=1S/C21H25N5O3S/c1-4-6-14(15-10-13-11-17(28)26(8-9-27)18(13)12(15)3)20-22-21(29-24-20)19-16(7-5-2)23-25-30-19/h4,6,13,18,27H,3,5,7-11H2,1-2H3/b6-4-,15-14+/t13-,18-/m0/s1. The van der Waals surface area contributed by atoms with Crippen molar-refractivity contribution in [3.05, 3.63) is 41.4 Å². The van der Waals surface area contributed by atoms with Crippen molar-refractivity contribution >= 4 is 23.0 Å². The van der Waals surface area contributed by atoms with E-state index in [2.05, 4.69) is 33.2 Å². The van der Waals surface area contributed by atoms with Crippen molar-refractivity contribution in [2.45, 2.75) is 45.6 Å². The van der Waals surface area contributed by atoms with Gasteiger partial charge in [0, 0.05) is 18.5 Å². The maximum Gasteiger partial charge on any atom is 0.271 e. The summed E-state index contributed by atoms with van der Waals surface area (Å²) >= 11 is 1.26. The number of nitrogens with zero attached hydrogens (tertiary/aromatic N) is 5. The first-order valence-electron chi connectivity index (χ1n) is 10.2. The SMILES string of the molecule is C=C1/C(=C(\C=C/C)c2noc(-c3snnc3CCC)n2)C[C@H]2CC(=O)N(CCO)[C@@H]12. The molecule has 0 spiro atoms. The second-order valence-corrected chi connectivity index (χ2v) is 8.32. The van der Waals surface area contributed by atoms with Gasteiger partial charge >= 0.3 is 0 Å². The number of hydrogen-bond donors (Lipinski definition) is 1. The van der Waals surface area contributed by atoms with Crippen molar-refractivity contribution in [1.29, 1.82) is 0 Å². The monoisotopic (exact) mass is 427 g/mol. The third kappa shape index (κ3) is 3.52. The van der Waals surface area contributed by atoms with E-state index in [-0.39, 0.29) is 24.5 Å². The number of β-amino-alcohol motifs (C(OH)–C–C–N with tert-alkyl or cyclic N) is 1. The number of aliphatic hydroxyl groups excluding tert-OH is 1. The molecule has 4 rings (SSSR count). The highest BCUT2D eigenvalue weighted by Gasteiger charge is 2.47. The lowest BCUT2D eigenvalue weighted by molar-refractivity contribution is -0.129. The maximum absolute atomic E-state index is 12.3. The topological polar surface area (TPSA) is 105 Å². The van der Waals surface area contributed by atoms with Gasteiger partial charge in [-0.05, 0) is 48.4 Å². The molecular weight excluding hydrogens is 402 g/mol. The number of allylic oxidation sites excluding steroid dienone is 3. The van der Waals surface area contributed by atoms with Gasteiger partial charge in [-0.3, -0.25) is 4.79 Å². The maximum atomic E-state index is 12.3. The van der Waals surface area contributed by atoms with Crippen LogP contribution in [0.1, 0.15) is 44.6 Å². The van der Waals surface area contributed by atoms with Gasteiger partial charge in [0.25, 0.3) is 5.89 Å². The summed E-state index contributed by atoms with van der Waals surface area (Å²) < 4.78 is 9.60. The van der Waals surface area contributed by atoms with Crippen LogP contribution in [-0.4, -0.2) is 54.8 Å². The van der Waals surface area contributed by atoms with Gasteiger partial charge in [0.05, 0.1) is 18.3 Å². The molecule has 1 saturated carbocycles. The fraction of sp³-hybridized carbons (Fsp3) is 0.476. The Bertz CT molecular complexity index is 1020. The van der Waals surface area contributed by atoms with Crippen molar-refractivity contribution in [2.24, 2.45) is 5.92 Å². The molecule has 1 amide bonds. The largest absolute Gasteiger partial charge is 0.395 e. The summed E-state index contributed by atoms with van der Waals surface area (Å²) in [7, 11) is 0. The van der Waals surface area contributed by atoms with Gasteiger partial charge in [-0.15, -0.1) is 5.10 Å². The summed E-state index contributed by atoms with van der Waals surface area (Å²) in [6.07, 6.45) is 6.87. The number of hydrogen-bond acceptors (Lipinski definition) is 8. The summed E-state index contributed by atoms with van der Waals surface area (Å²) in [5, 5.41) is 17.8. The number of aliphatic hydroxyl groups is 1. The van der Waals surface area contributed by atoms with E-state index in [0.717, 1.165) is 46.6 Å². The number of fused-ring (bicyclic) bond motifs is 1. The van der Waals surface area contributed by atoms with Crippen molar-refractivity contribution in [1.82, 2.24) is 24.6 Å². The van der Waals surface area contributed by atoms with Crippen LogP contribution in [0.5, 0.6) is 0 Å². The van der Waals surface area contributed by atoms with E-state index in [1.807, 2.05) is 19.1 Å². The van der Waals surface area contributed by atoms with Crippen LogP contribution in [0.4, 0.5) is 0 Å². The Balaban J connectivity index is 1.69. The smallest absolute Gasteiger partial charge is 0.271 e. The van der Waals surface area contributed by atoms with E-state index >= 15 is 0 Å². The molecule has 0 radical (unpaired) electrons. The van der Waals surface area contributed by atoms with Gasteiger partial charge in [-0.25, -0.2) is 0 Å². The molecule has 2 atom stereocenters. The summed E-state index contributed by atoms with van der Waals surface area (Å²) in [5.74, 6) is 1.16. The molecule has 1 N–H and O–H groups in total. The number of aromatic nitrogens is 4. The first-order chi connectivity index (χ1) is 14.6. The summed E-state index contributed by atoms with van der Waals surface area (Å²) in [6.45, 7) is 8.60. The molecule has 8 nitrogen and oxygen atoms in total. The fourth-order valence-electron chi connectivity index (χ4n) is 4.42. The summed E-state index contributed by atoms with van der Waals surface area (Å²) in [4.78, 5) is 19.5. The summed E-state index contributed by atoms with van der Waals surface area (Å²) in [6, 6.07) is -0.0758. The second kappa shape index (κ2) is 8.61. The van der Waals surface area contributed by atoms with Crippen LogP contribution in [0.2, 0.25) is 0 Å². The van der Waals surface area contributed by atoms with Crippen molar-refractivity contribution < 1.29 is 14.4 Å². The molecule has 1 aliphatic heterocycles. The van der Waals surface area contributed by atoms with Crippen LogP contribution >= 0.6 is 11.5 Å². The molecule has 0 bridgehead atoms. The molecule has 0 aromatic carbocycles. The number of likely N-dealkylation sites (tertiary alicyclic amines) is 1. The van der Waals surface area contributed by atoms with E-state index in [0.29, 0.717) is 24.7 Å². The van der Waals surface area contributed by atoms with Crippen molar-refractivity contribution in [2.75, 3.05) is 13.2 Å². The number of aryl methyl sites for hydroxylation is 1. The first kappa shape index (κ1) is 20.6. The molecule has 1 aliphatic carbocycles. The molecule has 30 heavy (non-hydrogen) atoms. The number of amides is 1. The zero-order valence-corrected chi connectivity index (χ0v) is 18.0. The van der Waals surface area contributed by atoms with E-state index < -0.39 is 0 Å². The van der Waals surface area contributed by atoms with Crippen LogP contribution in [0.15, 0.2) is 34.4 Å². The van der Waals surface area contributed by atoms with Gasteiger partial charge in [0.1, 0.15) is 4.88 Å². The highest BCUT2D eigenvalue weighted by atomic mass is 32.1. The molecule has 0 unspecified atom stereocenters. The lowest BCUT2D eigenvalue weighted by atomic mass is 10.0. The molecule has 2 aromatic rings. The number of carbonyl (C=O) groups is 1. The van der Waals surface area contributed by atoms with Crippen LogP contribution in [-0.2, 0) is 11.2 Å². The Kier molecular flexibility index (Phi) is 5.92. The molecule has 2 aromatic heterocycles. The van der Waals surface area contributed by atoms with Crippen LogP contribution < -0.4 is 0 Å². The van der Waals surface area contributed by atoms with Gasteiger partial charge in [-0.1, -0.05) is 41.7 Å². The average molecular weight is 428 g/mol. The normalized spacial score (nSPS) is 23.1. The number of carbonyl (C=O) groups excluding carboxylic acids is 1.